The number of anilines is 3. The molecular weight excluding hydrogens is 424 g/mol. The molecule has 5 nitrogen and oxygen atoms in total. The van der Waals surface area contributed by atoms with Crippen LogP contribution in [0.1, 0.15) is 64.9 Å². The minimum absolute atomic E-state index is 0.118. The van der Waals surface area contributed by atoms with Crippen LogP contribution in [-0.2, 0) is 4.79 Å². The van der Waals surface area contributed by atoms with Gasteiger partial charge in [-0.05, 0) is 87.4 Å². The lowest BCUT2D eigenvalue weighted by Gasteiger charge is -2.41. The highest BCUT2D eigenvalue weighted by Gasteiger charge is 2.32. The maximum absolute atomic E-state index is 11.5. The highest BCUT2D eigenvalue weighted by molar-refractivity contribution is 6.30. The Hall–Kier alpha value is -2.24. The molecule has 0 radical (unpaired) electrons. The molecule has 32 heavy (non-hydrogen) atoms. The summed E-state index contributed by atoms with van der Waals surface area (Å²) in [5.41, 5.74) is 3.38. The number of hydrogen-bond acceptors (Lipinski definition) is 4. The third-order valence-electron chi connectivity index (χ3n) is 6.93. The average molecular weight is 459 g/mol. The highest BCUT2D eigenvalue weighted by Crippen LogP contribution is 2.39. The van der Waals surface area contributed by atoms with Gasteiger partial charge in [0.2, 0.25) is 0 Å². The Bertz CT molecular complexity index is 919. The van der Waals surface area contributed by atoms with Crippen LogP contribution in [0.3, 0.4) is 0 Å². The van der Waals surface area contributed by atoms with Gasteiger partial charge in [-0.25, -0.2) is 0 Å². The fraction of sp³-hybridized carbons (Fsp3) is 0.500. The van der Waals surface area contributed by atoms with Crippen molar-refractivity contribution in [2.24, 2.45) is 5.92 Å². The molecule has 1 aliphatic carbocycles. The summed E-state index contributed by atoms with van der Waals surface area (Å²) in [6.45, 7) is 8.64. The second kappa shape index (κ2) is 10.1. The van der Waals surface area contributed by atoms with Crippen LogP contribution in [0.15, 0.2) is 42.5 Å². The molecule has 2 aromatic rings. The van der Waals surface area contributed by atoms with Crippen molar-refractivity contribution in [2.75, 3.05) is 16.8 Å². The molecule has 1 fully saturated rings. The van der Waals surface area contributed by atoms with Crippen LogP contribution in [0.2, 0.25) is 5.02 Å². The fourth-order valence-electron chi connectivity index (χ4n) is 4.54. The van der Waals surface area contributed by atoms with Gasteiger partial charge in [-0.2, -0.15) is 0 Å². The number of hydrogen-bond donors (Lipinski definition) is 3. The van der Waals surface area contributed by atoms with E-state index in [9.17, 15) is 15.0 Å². The van der Waals surface area contributed by atoms with Crippen LogP contribution in [0, 0.1) is 5.92 Å². The predicted molar refractivity (Wildman–Crippen MR) is 132 cm³/mol. The van der Waals surface area contributed by atoms with Crippen LogP contribution < -0.4 is 10.2 Å². The molecule has 2 atom stereocenters. The monoisotopic (exact) mass is 458 g/mol. The van der Waals surface area contributed by atoms with Crippen molar-refractivity contribution in [3.63, 3.8) is 0 Å². The predicted octanol–water partition coefficient (Wildman–Crippen LogP) is 6.43. The van der Waals surface area contributed by atoms with Crippen molar-refractivity contribution in [3.8, 4) is 0 Å². The van der Waals surface area contributed by atoms with Crippen LogP contribution in [0.4, 0.5) is 17.1 Å². The van der Waals surface area contributed by atoms with E-state index in [1.54, 1.807) is 6.92 Å². The zero-order valence-corrected chi connectivity index (χ0v) is 20.2. The standard InChI is InChI=1S/C26H35ClN2O3/c1-5-29(22-12-14-26(4,32)15-13-22)24-11-6-19(17(2)18(3)25(30)31)16-23(24)28-21-9-7-20(27)8-10-21/h6-11,16-18,22,28,32H,5,12-15H2,1-4H3,(H,30,31). The highest BCUT2D eigenvalue weighted by atomic mass is 35.5. The first kappa shape index (κ1) is 24.4. The maximum Gasteiger partial charge on any atom is 0.306 e. The molecule has 174 valence electrons. The van der Waals surface area contributed by atoms with Gasteiger partial charge in [0, 0.05) is 23.3 Å². The van der Waals surface area contributed by atoms with Gasteiger partial charge < -0.3 is 20.4 Å². The van der Waals surface area contributed by atoms with E-state index in [-0.39, 0.29) is 5.92 Å². The van der Waals surface area contributed by atoms with Gasteiger partial charge in [0.05, 0.1) is 22.9 Å². The SMILES string of the molecule is CCN(c1ccc(C(C)C(C)C(=O)O)cc1Nc1ccc(Cl)cc1)C1CCC(C)(O)CC1. The topological polar surface area (TPSA) is 72.8 Å². The Labute approximate surface area is 196 Å². The number of benzene rings is 2. The van der Waals surface area contributed by atoms with Gasteiger partial charge in [0.1, 0.15) is 0 Å². The number of carboxylic acid groups (broad SMARTS) is 1. The van der Waals surface area contributed by atoms with Crippen LogP contribution in [-0.4, -0.2) is 34.4 Å². The number of aliphatic carboxylic acids is 1. The molecular formula is C26H35ClN2O3. The largest absolute Gasteiger partial charge is 0.481 e. The third kappa shape index (κ3) is 5.76. The molecule has 0 aromatic heterocycles. The minimum atomic E-state index is -0.793. The van der Waals surface area contributed by atoms with Gasteiger partial charge in [0.25, 0.3) is 0 Å². The molecule has 0 heterocycles. The third-order valence-corrected chi connectivity index (χ3v) is 7.18. The van der Waals surface area contributed by atoms with E-state index >= 15 is 0 Å². The Morgan fingerprint density at radius 1 is 1.19 bits per heavy atom. The average Bonchev–Trinajstić information content (AvgIpc) is 2.76. The van der Waals surface area contributed by atoms with E-state index in [4.69, 9.17) is 11.6 Å². The lowest BCUT2D eigenvalue weighted by atomic mass is 9.82. The van der Waals surface area contributed by atoms with Crippen molar-refractivity contribution in [2.45, 2.75) is 70.9 Å². The van der Waals surface area contributed by atoms with Gasteiger partial charge in [-0.3, -0.25) is 4.79 Å². The van der Waals surface area contributed by atoms with E-state index in [1.807, 2.05) is 44.2 Å². The van der Waals surface area contributed by atoms with E-state index in [0.717, 1.165) is 54.9 Å². The lowest BCUT2D eigenvalue weighted by molar-refractivity contribution is -0.141. The maximum atomic E-state index is 11.5. The second-order valence-electron chi connectivity index (χ2n) is 9.34. The number of nitrogens with one attached hydrogen (secondary N) is 1. The normalized spacial score (nSPS) is 22.8. The van der Waals surface area contributed by atoms with Crippen molar-refractivity contribution in [1.82, 2.24) is 0 Å². The quantitative estimate of drug-likeness (QED) is 0.425. The smallest absolute Gasteiger partial charge is 0.306 e. The molecule has 0 amide bonds. The van der Waals surface area contributed by atoms with E-state index in [2.05, 4.69) is 29.3 Å². The van der Waals surface area contributed by atoms with Crippen molar-refractivity contribution < 1.29 is 15.0 Å². The molecule has 1 aliphatic rings. The van der Waals surface area contributed by atoms with Gasteiger partial charge in [0.15, 0.2) is 0 Å². The molecule has 0 bridgehead atoms. The zero-order chi connectivity index (χ0) is 23.5. The first-order valence-electron chi connectivity index (χ1n) is 11.5. The van der Waals surface area contributed by atoms with Crippen molar-refractivity contribution >= 4 is 34.6 Å². The summed E-state index contributed by atoms with van der Waals surface area (Å²) in [4.78, 5) is 14.0. The molecule has 0 aliphatic heterocycles. The second-order valence-corrected chi connectivity index (χ2v) is 9.77. The Balaban J connectivity index is 1.97. The number of aliphatic hydroxyl groups is 1. The Morgan fingerprint density at radius 3 is 2.38 bits per heavy atom. The molecule has 0 spiro atoms. The van der Waals surface area contributed by atoms with Crippen LogP contribution in [0.5, 0.6) is 0 Å². The van der Waals surface area contributed by atoms with Crippen LogP contribution >= 0.6 is 11.6 Å². The summed E-state index contributed by atoms with van der Waals surface area (Å²) in [7, 11) is 0. The zero-order valence-electron chi connectivity index (χ0n) is 19.4. The van der Waals surface area contributed by atoms with Crippen molar-refractivity contribution in [3.05, 3.63) is 53.1 Å². The first-order valence-corrected chi connectivity index (χ1v) is 11.9. The lowest BCUT2D eigenvalue weighted by Crippen LogP contribution is -2.42. The number of carbonyl (C=O) groups is 1. The molecule has 2 aromatic carbocycles. The minimum Gasteiger partial charge on any atom is -0.481 e. The molecule has 3 rings (SSSR count). The van der Waals surface area contributed by atoms with Gasteiger partial charge >= 0.3 is 5.97 Å². The summed E-state index contributed by atoms with van der Waals surface area (Å²) >= 11 is 6.06. The number of rotatable bonds is 8. The summed E-state index contributed by atoms with van der Waals surface area (Å²) in [6.07, 6.45) is 3.46. The van der Waals surface area contributed by atoms with Gasteiger partial charge in [-0.15, -0.1) is 0 Å². The summed E-state index contributed by atoms with van der Waals surface area (Å²) in [6, 6.07) is 14.2. The molecule has 0 saturated heterocycles. The number of halogens is 1. The number of carboxylic acids is 1. The molecule has 2 unspecified atom stereocenters. The Morgan fingerprint density at radius 2 is 1.81 bits per heavy atom. The van der Waals surface area contributed by atoms with E-state index < -0.39 is 17.5 Å². The molecule has 3 N–H and O–H groups in total. The Kier molecular flexibility index (Phi) is 7.73. The summed E-state index contributed by atoms with van der Waals surface area (Å²) < 4.78 is 0. The summed E-state index contributed by atoms with van der Waals surface area (Å²) in [5.74, 6) is -1.39. The number of nitrogens with zero attached hydrogens (tertiary/aromatic N) is 1. The summed E-state index contributed by atoms with van der Waals surface area (Å²) in [5, 5.41) is 24.1. The van der Waals surface area contributed by atoms with E-state index in [0.29, 0.717) is 11.1 Å². The van der Waals surface area contributed by atoms with E-state index in [1.165, 1.54) is 0 Å². The fourth-order valence-corrected chi connectivity index (χ4v) is 4.67. The van der Waals surface area contributed by atoms with Crippen molar-refractivity contribution in [1.29, 1.82) is 0 Å². The van der Waals surface area contributed by atoms with Gasteiger partial charge in [-0.1, -0.05) is 31.5 Å². The first-order chi connectivity index (χ1) is 15.1. The molecule has 6 heteroatoms. The molecule has 1 saturated carbocycles. The van der Waals surface area contributed by atoms with Crippen LogP contribution in [0.25, 0.3) is 0 Å².